The number of anilines is 1. The Kier molecular flexibility index (Phi) is 4.48. The van der Waals surface area contributed by atoms with E-state index in [9.17, 15) is 4.79 Å². The molecule has 0 fully saturated rings. The Bertz CT molecular complexity index is 614. The van der Waals surface area contributed by atoms with Gasteiger partial charge in [-0.05, 0) is 11.6 Å². The van der Waals surface area contributed by atoms with E-state index in [1.54, 1.807) is 0 Å². The van der Waals surface area contributed by atoms with Gasteiger partial charge in [-0.3, -0.25) is 0 Å². The molecule has 104 valence electrons. The van der Waals surface area contributed by atoms with Crippen molar-refractivity contribution in [3.05, 3.63) is 58.6 Å². The molecule has 0 saturated carbocycles. The first kappa shape index (κ1) is 14.2. The van der Waals surface area contributed by atoms with Gasteiger partial charge in [0.05, 0.1) is 17.8 Å². The minimum Gasteiger partial charge on any atom is -0.496 e. The molecule has 0 heterocycles. The lowest BCUT2D eigenvalue weighted by molar-refractivity contribution is 0.0469. The largest absolute Gasteiger partial charge is 0.496 e. The van der Waals surface area contributed by atoms with Gasteiger partial charge in [0.25, 0.3) is 0 Å². The summed E-state index contributed by atoms with van der Waals surface area (Å²) in [7, 11) is 1.46. The third kappa shape index (κ3) is 3.22. The van der Waals surface area contributed by atoms with E-state index in [0.29, 0.717) is 11.4 Å². The highest BCUT2D eigenvalue weighted by molar-refractivity contribution is 6.33. The number of nitrogens with two attached hydrogens (primary N) is 1. The fraction of sp³-hybridized carbons (Fsp3) is 0.133. The van der Waals surface area contributed by atoms with E-state index in [0.717, 1.165) is 5.56 Å². The standard InChI is InChI=1S/C15H14ClNO3/c1-19-14-8-13(17)12(16)7-11(14)15(18)20-9-10-5-3-2-4-6-10/h2-8H,9,17H2,1H3. The lowest BCUT2D eigenvalue weighted by Gasteiger charge is -2.10. The van der Waals surface area contributed by atoms with Crippen LogP contribution in [0.15, 0.2) is 42.5 Å². The molecule has 0 aliphatic heterocycles. The summed E-state index contributed by atoms with van der Waals surface area (Å²) in [5.74, 6) is -0.169. The lowest BCUT2D eigenvalue weighted by Crippen LogP contribution is -2.08. The van der Waals surface area contributed by atoms with Crippen molar-refractivity contribution in [2.24, 2.45) is 0 Å². The van der Waals surface area contributed by atoms with Crippen LogP contribution in [0.5, 0.6) is 5.75 Å². The molecule has 2 rings (SSSR count). The van der Waals surface area contributed by atoms with Crippen molar-refractivity contribution < 1.29 is 14.3 Å². The number of carbonyl (C=O) groups is 1. The molecule has 5 heteroatoms. The SMILES string of the molecule is COc1cc(N)c(Cl)cc1C(=O)OCc1ccccc1. The smallest absolute Gasteiger partial charge is 0.342 e. The van der Waals surface area contributed by atoms with Crippen LogP contribution in [0.25, 0.3) is 0 Å². The summed E-state index contributed by atoms with van der Waals surface area (Å²) < 4.78 is 10.3. The molecule has 0 bridgehead atoms. The van der Waals surface area contributed by atoms with Gasteiger partial charge < -0.3 is 15.2 Å². The number of rotatable bonds is 4. The molecule has 2 aromatic rings. The van der Waals surface area contributed by atoms with Gasteiger partial charge in [-0.2, -0.15) is 0 Å². The zero-order chi connectivity index (χ0) is 14.5. The first-order chi connectivity index (χ1) is 9.61. The number of carbonyl (C=O) groups excluding carboxylic acids is 1. The van der Waals surface area contributed by atoms with Crippen molar-refractivity contribution in [1.29, 1.82) is 0 Å². The van der Waals surface area contributed by atoms with Gasteiger partial charge in [-0.1, -0.05) is 41.9 Å². The molecule has 0 aromatic heterocycles. The number of esters is 1. The minimum absolute atomic E-state index is 0.185. The van der Waals surface area contributed by atoms with E-state index < -0.39 is 5.97 Å². The Morgan fingerprint density at radius 3 is 2.60 bits per heavy atom. The molecule has 2 aromatic carbocycles. The topological polar surface area (TPSA) is 61.5 Å². The average molecular weight is 292 g/mol. The maximum atomic E-state index is 12.1. The number of halogens is 1. The zero-order valence-electron chi connectivity index (χ0n) is 10.9. The molecule has 0 aliphatic carbocycles. The Hall–Kier alpha value is -2.20. The van der Waals surface area contributed by atoms with E-state index in [2.05, 4.69) is 0 Å². The Morgan fingerprint density at radius 2 is 1.95 bits per heavy atom. The van der Waals surface area contributed by atoms with Crippen molar-refractivity contribution >= 4 is 23.3 Å². The highest BCUT2D eigenvalue weighted by Crippen LogP contribution is 2.29. The first-order valence-electron chi connectivity index (χ1n) is 5.96. The fourth-order valence-corrected chi connectivity index (χ4v) is 1.86. The Morgan fingerprint density at radius 1 is 1.25 bits per heavy atom. The number of hydrogen-bond acceptors (Lipinski definition) is 4. The molecule has 0 aliphatic rings. The second-order valence-electron chi connectivity index (χ2n) is 4.14. The minimum atomic E-state index is -0.507. The lowest BCUT2D eigenvalue weighted by atomic mass is 10.2. The number of hydrogen-bond donors (Lipinski definition) is 1. The molecule has 0 spiro atoms. The van der Waals surface area contributed by atoms with Gasteiger partial charge in [-0.15, -0.1) is 0 Å². The summed E-state index contributed by atoms with van der Waals surface area (Å²) in [5.41, 5.74) is 7.17. The van der Waals surface area contributed by atoms with Gasteiger partial charge in [0.2, 0.25) is 0 Å². The fourth-order valence-electron chi connectivity index (χ4n) is 1.70. The van der Waals surface area contributed by atoms with Crippen LogP contribution in [0.3, 0.4) is 0 Å². The molecule has 0 atom stereocenters. The van der Waals surface area contributed by atoms with Crippen LogP contribution in [0.2, 0.25) is 5.02 Å². The molecule has 4 nitrogen and oxygen atoms in total. The van der Waals surface area contributed by atoms with Crippen molar-refractivity contribution in [2.45, 2.75) is 6.61 Å². The molecule has 0 unspecified atom stereocenters. The molecular weight excluding hydrogens is 278 g/mol. The molecule has 0 amide bonds. The summed E-state index contributed by atoms with van der Waals surface area (Å²) in [5, 5.41) is 0.289. The third-order valence-corrected chi connectivity index (χ3v) is 3.08. The molecule has 0 saturated heterocycles. The summed E-state index contributed by atoms with van der Waals surface area (Å²) >= 11 is 5.92. The highest BCUT2D eigenvalue weighted by atomic mass is 35.5. The van der Waals surface area contributed by atoms with Crippen LogP contribution >= 0.6 is 11.6 Å². The van der Waals surface area contributed by atoms with Crippen LogP contribution in [-0.2, 0) is 11.3 Å². The monoisotopic (exact) mass is 291 g/mol. The zero-order valence-corrected chi connectivity index (χ0v) is 11.7. The van der Waals surface area contributed by atoms with Crippen molar-refractivity contribution in [3.8, 4) is 5.75 Å². The predicted octanol–water partition coefficient (Wildman–Crippen LogP) is 3.29. The second kappa shape index (κ2) is 6.30. The summed E-state index contributed by atoms with van der Waals surface area (Å²) in [6.07, 6.45) is 0. The van der Waals surface area contributed by atoms with Crippen LogP contribution in [-0.4, -0.2) is 13.1 Å². The molecular formula is C15H14ClNO3. The molecule has 2 N–H and O–H groups in total. The average Bonchev–Trinajstić information content (AvgIpc) is 2.48. The van der Waals surface area contributed by atoms with Crippen LogP contribution in [0.1, 0.15) is 15.9 Å². The van der Waals surface area contributed by atoms with Gasteiger partial charge in [-0.25, -0.2) is 4.79 Å². The van der Waals surface area contributed by atoms with Crippen LogP contribution in [0.4, 0.5) is 5.69 Å². The van der Waals surface area contributed by atoms with Crippen molar-refractivity contribution in [3.63, 3.8) is 0 Å². The highest BCUT2D eigenvalue weighted by Gasteiger charge is 2.16. The normalized spacial score (nSPS) is 10.1. The number of ether oxygens (including phenoxy) is 2. The molecule has 0 radical (unpaired) electrons. The second-order valence-corrected chi connectivity index (χ2v) is 4.54. The van der Waals surface area contributed by atoms with Gasteiger partial charge >= 0.3 is 5.97 Å². The first-order valence-corrected chi connectivity index (χ1v) is 6.33. The van der Waals surface area contributed by atoms with E-state index in [1.165, 1.54) is 19.2 Å². The quantitative estimate of drug-likeness (QED) is 0.693. The van der Waals surface area contributed by atoms with Crippen LogP contribution < -0.4 is 10.5 Å². The van der Waals surface area contributed by atoms with E-state index in [1.807, 2.05) is 30.3 Å². The Balaban J connectivity index is 2.15. The van der Waals surface area contributed by atoms with Crippen molar-refractivity contribution in [2.75, 3.05) is 12.8 Å². The van der Waals surface area contributed by atoms with E-state index in [4.69, 9.17) is 26.8 Å². The van der Waals surface area contributed by atoms with Gasteiger partial charge in [0.15, 0.2) is 0 Å². The number of benzene rings is 2. The van der Waals surface area contributed by atoms with Gasteiger partial charge in [0.1, 0.15) is 17.9 Å². The Labute approximate surface area is 122 Å². The summed E-state index contributed by atoms with van der Waals surface area (Å²) in [6, 6.07) is 12.4. The third-order valence-electron chi connectivity index (χ3n) is 2.75. The van der Waals surface area contributed by atoms with Crippen molar-refractivity contribution in [1.82, 2.24) is 0 Å². The van der Waals surface area contributed by atoms with E-state index >= 15 is 0 Å². The maximum Gasteiger partial charge on any atom is 0.342 e. The van der Waals surface area contributed by atoms with Crippen LogP contribution in [0, 0.1) is 0 Å². The van der Waals surface area contributed by atoms with E-state index in [-0.39, 0.29) is 17.2 Å². The molecule has 20 heavy (non-hydrogen) atoms. The summed E-state index contributed by atoms with van der Waals surface area (Å²) in [4.78, 5) is 12.1. The maximum absolute atomic E-state index is 12.1. The number of nitrogen functional groups attached to an aromatic ring is 1. The summed E-state index contributed by atoms with van der Waals surface area (Å²) in [6.45, 7) is 0.185. The van der Waals surface area contributed by atoms with Gasteiger partial charge in [0, 0.05) is 6.07 Å². The predicted molar refractivity (Wildman–Crippen MR) is 78.0 cm³/mol. The number of methoxy groups -OCH3 is 1.